The van der Waals surface area contributed by atoms with Crippen LogP contribution in [0.25, 0.3) is 0 Å². The fourth-order valence-corrected chi connectivity index (χ4v) is 2.53. The number of hydrogen-bond donors (Lipinski definition) is 0. The molecule has 2 rings (SSSR count). The molecule has 88 valence electrons. The van der Waals surface area contributed by atoms with Crippen LogP contribution in [0.3, 0.4) is 0 Å². The van der Waals surface area contributed by atoms with Crippen LogP contribution in [0.4, 0.5) is 0 Å². The van der Waals surface area contributed by atoms with Crippen molar-refractivity contribution in [3.8, 4) is 11.8 Å². The highest BCUT2D eigenvalue weighted by atomic mass is 79.9. The smallest absolute Gasteiger partial charge is 0.327 e. The third-order valence-corrected chi connectivity index (χ3v) is 3.26. The van der Waals surface area contributed by atoms with Gasteiger partial charge in [-0.3, -0.25) is 0 Å². The van der Waals surface area contributed by atoms with Crippen LogP contribution in [0, 0.1) is 0 Å². The molecule has 0 amide bonds. The van der Waals surface area contributed by atoms with Crippen molar-refractivity contribution in [3.63, 3.8) is 0 Å². The highest BCUT2D eigenvalue weighted by Gasteiger charge is 2.11. The molecule has 2 aromatic rings. The molecule has 0 fully saturated rings. The van der Waals surface area contributed by atoms with Crippen molar-refractivity contribution in [1.82, 2.24) is 15.0 Å². The van der Waals surface area contributed by atoms with Crippen molar-refractivity contribution in [2.45, 2.75) is 0 Å². The maximum Gasteiger partial charge on any atom is 0.327 e. The Morgan fingerprint density at radius 2 is 1.47 bits per heavy atom. The van der Waals surface area contributed by atoms with Gasteiger partial charge in [0, 0.05) is 0 Å². The Morgan fingerprint density at radius 1 is 0.941 bits per heavy atom. The molecule has 0 aliphatic rings. The second-order valence-electron chi connectivity index (χ2n) is 2.81. The van der Waals surface area contributed by atoms with Crippen LogP contribution in [0.15, 0.2) is 27.1 Å². The summed E-state index contributed by atoms with van der Waals surface area (Å²) in [5.74, 6) is 0.533. The van der Waals surface area contributed by atoms with Gasteiger partial charge in [0.05, 0.1) is 8.95 Å². The van der Waals surface area contributed by atoms with E-state index in [1.54, 1.807) is 0 Å². The summed E-state index contributed by atoms with van der Waals surface area (Å²) in [6.07, 6.45) is 0. The first-order valence-electron chi connectivity index (χ1n) is 4.25. The molecule has 0 radical (unpaired) electrons. The van der Waals surface area contributed by atoms with E-state index in [2.05, 4.69) is 46.8 Å². The average molecular weight is 400 g/mol. The van der Waals surface area contributed by atoms with Gasteiger partial charge in [-0.2, -0.15) is 15.0 Å². The van der Waals surface area contributed by atoms with Gasteiger partial charge in [-0.15, -0.1) is 0 Å². The summed E-state index contributed by atoms with van der Waals surface area (Å²) >= 11 is 18.0. The highest BCUT2D eigenvalue weighted by molar-refractivity contribution is 9.11. The molecule has 4 nitrogen and oxygen atoms in total. The van der Waals surface area contributed by atoms with Crippen molar-refractivity contribution in [1.29, 1.82) is 0 Å². The molecule has 0 aliphatic carbocycles. The van der Waals surface area contributed by atoms with Crippen LogP contribution in [0.5, 0.6) is 11.8 Å². The Hall–Kier alpha value is -0.430. The molecule has 0 N–H and O–H groups in total. The van der Waals surface area contributed by atoms with E-state index in [0.717, 1.165) is 8.95 Å². The fourth-order valence-electron chi connectivity index (χ4n) is 1.03. The van der Waals surface area contributed by atoms with Gasteiger partial charge in [0.25, 0.3) is 0 Å². The molecular formula is C9H3Br2Cl2N3O. The molecule has 1 aromatic carbocycles. The minimum absolute atomic E-state index is 0.0248. The highest BCUT2D eigenvalue weighted by Crippen LogP contribution is 2.35. The molecule has 1 aromatic heterocycles. The Labute approximate surface area is 124 Å². The summed E-state index contributed by atoms with van der Waals surface area (Å²) in [7, 11) is 0. The van der Waals surface area contributed by atoms with Crippen molar-refractivity contribution in [3.05, 3.63) is 37.7 Å². The van der Waals surface area contributed by atoms with E-state index in [1.165, 1.54) is 0 Å². The lowest BCUT2D eigenvalue weighted by Crippen LogP contribution is -1.96. The molecule has 0 saturated carbocycles. The van der Waals surface area contributed by atoms with Gasteiger partial charge in [0.2, 0.25) is 10.6 Å². The number of halogens is 4. The standard InChI is InChI=1S/C9H3Br2Cl2N3O/c10-4-2-1-3-5(11)6(4)17-9-15-7(12)14-8(13)16-9/h1-3H. The second-order valence-corrected chi connectivity index (χ2v) is 5.19. The Kier molecular flexibility index (Phi) is 4.19. The third kappa shape index (κ3) is 3.28. The maximum atomic E-state index is 5.65. The number of rotatable bonds is 2. The molecule has 0 aliphatic heterocycles. The number of hydrogen-bond acceptors (Lipinski definition) is 4. The predicted molar refractivity (Wildman–Crippen MR) is 71.8 cm³/mol. The third-order valence-electron chi connectivity index (χ3n) is 1.67. The largest absolute Gasteiger partial charge is 0.422 e. The van der Waals surface area contributed by atoms with Crippen LogP contribution in [0.2, 0.25) is 10.6 Å². The Bertz CT molecular complexity index is 527. The van der Waals surface area contributed by atoms with Crippen molar-refractivity contribution < 1.29 is 4.74 Å². The van der Waals surface area contributed by atoms with Gasteiger partial charge in [-0.1, -0.05) is 6.07 Å². The first-order valence-corrected chi connectivity index (χ1v) is 6.59. The molecule has 8 heteroatoms. The van der Waals surface area contributed by atoms with Gasteiger partial charge < -0.3 is 4.74 Å². The monoisotopic (exact) mass is 397 g/mol. The van der Waals surface area contributed by atoms with Crippen LogP contribution < -0.4 is 4.74 Å². The Morgan fingerprint density at radius 3 is 2.00 bits per heavy atom. The van der Waals surface area contributed by atoms with E-state index in [-0.39, 0.29) is 16.6 Å². The first-order chi connectivity index (χ1) is 8.06. The fraction of sp³-hybridized carbons (Fsp3) is 0. The summed E-state index contributed by atoms with van der Waals surface area (Å²) in [5, 5.41) is -0.0497. The average Bonchev–Trinajstić information content (AvgIpc) is 2.22. The summed E-state index contributed by atoms with van der Waals surface area (Å²) in [4.78, 5) is 11.2. The second kappa shape index (κ2) is 5.48. The van der Waals surface area contributed by atoms with E-state index >= 15 is 0 Å². The SMILES string of the molecule is Clc1nc(Cl)nc(Oc2c(Br)cccc2Br)n1. The summed E-state index contributed by atoms with van der Waals surface area (Å²) in [5.41, 5.74) is 0. The van der Waals surface area contributed by atoms with Gasteiger partial charge in [0.15, 0.2) is 5.75 Å². The van der Waals surface area contributed by atoms with Gasteiger partial charge >= 0.3 is 6.01 Å². The van der Waals surface area contributed by atoms with Gasteiger partial charge in [-0.25, -0.2) is 0 Å². The Balaban J connectivity index is 2.38. The number of aromatic nitrogens is 3. The number of nitrogens with zero attached hydrogens (tertiary/aromatic N) is 3. The van der Waals surface area contributed by atoms with Crippen LogP contribution in [-0.2, 0) is 0 Å². The van der Waals surface area contributed by atoms with E-state index in [0.29, 0.717) is 5.75 Å². The van der Waals surface area contributed by atoms with Crippen molar-refractivity contribution >= 4 is 55.1 Å². The minimum atomic E-state index is -0.0248. The molecule has 0 unspecified atom stereocenters. The molecule has 0 saturated heterocycles. The predicted octanol–water partition coefficient (Wildman–Crippen LogP) is 4.50. The lowest BCUT2D eigenvalue weighted by atomic mass is 10.3. The molecule has 0 bridgehead atoms. The molecule has 17 heavy (non-hydrogen) atoms. The first kappa shape index (κ1) is 13.0. The number of ether oxygens (including phenoxy) is 1. The molecular weight excluding hydrogens is 397 g/mol. The number of para-hydroxylation sites is 1. The van der Waals surface area contributed by atoms with Crippen LogP contribution in [0.1, 0.15) is 0 Å². The normalized spacial score (nSPS) is 10.4. The van der Waals surface area contributed by atoms with Gasteiger partial charge in [0.1, 0.15) is 0 Å². The lowest BCUT2D eigenvalue weighted by Gasteiger charge is -2.07. The van der Waals surface area contributed by atoms with Crippen molar-refractivity contribution in [2.75, 3.05) is 0 Å². The summed E-state index contributed by atoms with van der Waals surface area (Å²) in [6.45, 7) is 0. The van der Waals surface area contributed by atoms with E-state index in [9.17, 15) is 0 Å². The zero-order chi connectivity index (χ0) is 12.4. The molecule has 1 heterocycles. The zero-order valence-electron chi connectivity index (χ0n) is 7.99. The van der Waals surface area contributed by atoms with Gasteiger partial charge in [-0.05, 0) is 67.2 Å². The van der Waals surface area contributed by atoms with E-state index in [4.69, 9.17) is 27.9 Å². The lowest BCUT2D eigenvalue weighted by molar-refractivity contribution is 0.434. The minimum Gasteiger partial charge on any atom is -0.422 e. The maximum absolute atomic E-state index is 5.65. The van der Waals surface area contributed by atoms with Crippen LogP contribution >= 0.6 is 55.1 Å². The molecule has 0 spiro atoms. The van der Waals surface area contributed by atoms with Crippen LogP contribution in [-0.4, -0.2) is 15.0 Å². The zero-order valence-corrected chi connectivity index (χ0v) is 12.7. The van der Waals surface area contributed by atoms with E-state index in [1.807, 2.05) is 18.2 Å². The molecule has 0 atom stereocenters. The topological polar surface area (TPSA) is 47.9 Å². The summed E-state index contributed by atoms with van der Waals surface area (Å²) < 4.78 is 6.98. The van der Waals surface area contributed by atoms with E-state index < -0.39 is 0 Å². The summed E-state index contributed by atoms with van der Waals surface area (Å²) in [6, 6.07) is 5.53. The number of benzene rings is 1. The van der Waals surface area contributed by atoms with Crippen molar-refractivity contribution in [2.24, 2.45) is 0 Å². The quantitative estimate of drug-likeness (QED) is 0.746.